The molecule has 3 nitrogen and oxygen atoms in total. The summed E-state index contributed by atoms with van der Waals surface area (Å²) in [5.41, 5.74) is 0.136. The molecule has 1 N–H and O–H groups in total. The van der Waals surface area contributed by atoms with Gasteiger partial charge in [-0.15, -0.1) is 0 Å². The van der Waals surface area contributed by atoms with Crippen molar-refractivity contribution < 1.29 is 13.6 Å². The number of halogens is 4. The molecule has 0 spiro atoms. The van der Waals surface area contributed by atoms with Gasteiger partial charge in [-0.3, -0.25) is 9.78 Å². The largest absolute Gasteiger partial charge is 0.318 e. The smallest absolute Gasteiger partial charge is 0.257 e. The number of amides is 1. The van der Waals surface area contributed by atoms with Gasteiger partial charge >= 0.3 is 0 Å². The third-order valence-corrected chi connectivity index (χ3v) is 3.27. The van der Waals surface area contributed by atoms with Crippen molar-refractivity contribution in [3.63, 3.8) is 0 Å². The summed E-state index contributed by atoms with van der Waals surface area (Å²) in [6, 6.07) is 3.30. The molecular formula is C12H6Br2F2N2O. The van der Waals surface area contributed by atoms with Gasteiger partial charge < -0.3 is 5.32 Å². The SMILES string of the molecule is O=C(Nc1c(F)cc(F)cc1Br)c1cncc(Br)c1. The molecule has 1 aromatic carbocycles. The molecule has 1 aromatic heterocycles. The molecule has 0 aliphatic rings. The highest BCUT2D eigenvalue weighted by atomic mass is 79.9. The maximum absolute atomic E-state index is 13.6. The number of carbonyl (C=O) groups is 1. The molecule has 7 heteroatoms. The molecule has 0 aliphatic heterocycles. The average molecular weight is 392 g/mol. The molecule has 2 rings (SSSR count). The maximum atomic E-state index is 13.6. The highest BCUT2D eigenvalue weighted by Crippen LogP contribution is 2.27. The molecule has 0 bridgehead atoms. The first-order valence-electron chi connectivity index (χ1n) is 5.04. The van der Waals surface area contributed by atoms with Crippen LogP contribution in [0.4, 0.5) is 14.5 Å². The number of aromatic nitrogens is 1. The van der Waals surface area contributed by atoms with E-state index >= 15 is 0 Å². The number of hydrogen-bond acceptors (Lipinski definition) is 2. The van der Waals surface area contributed by atoms with Crippen LogP contribution in [0.3, 0.4) is 0 Å². The van der Waals surface area contributed by atoms with Crippen molar-refractivity contribution in [1.82, 2.24) is 4.98 Å². The number of carbonyl (C=O) groups excluding carboxylic acids is 1. The van der Waals surface area contributed by atoms with Crippen LogP contribution < -0.4 is 5.32 Å². The Hall–Kier alpha value is -1.34. The van der Waals surface area contributed by atoms with Gasteiger partial charge in [0.15, 0.2) is 5.82 Å². The second kappa shape index (κ2) is 5.75. The maximum Gasteiger partial charge on any atom is 0.257 e. The summed E-state index contributed by atoms with van der Waals surface area (Å²) in [5.74, 6) is -2.13. The van der Waals surface area contributed by atoms with Gasteiger partial charge in [0.2, 0.25) is 0 Å². The number of rotatable bonds is 2. The van der Waals surface area contributed by atoms with Crippen LogP contribution >= 0.6 is 31.9 Å². The fourth-order valence-electron chi connectivity index (χ4n) is 1.38. The van der Waals surface area contributed by atoms with Crippen molar-refractivity contribution >= 4 is 43.5 Å². The van der Waals surface area contributed by atoms with Crippen LogP contribution in [-0.4, -0.2) is 10.9 Å². The first-order valence-corrected chi connectivity index (χ1v) is 6.62. The predicted molar refractivity (Wildman–Crippen MR) is 73.9 cm³/mol. The lowest BCUT2D eigenvalue weighted by molar-refractivity contribution is 0.102. The van der Waals surface area contributed by atoms with E-state index in [2.05, 4.69) is 42.2 Å². The van der Waals surface area contributed by atoms with E-state index < -0.39 is 17.5 Å². The Bertz CT molecular complexity index is 626. The molecule has 0 radical (unpaired) electrons. The molecule has 0 fully saturated rings. The third-order valence-electron chi connectivity index (χ3n) is 2.21. The van der Waals surface area contributed by atoms with Gasteiger partial charge in [0, 0.05) is 27.4 Å². The highest BCUT2D eigenvalue weighted by Gasteiger charge is 2.14. The van der Waals surface area contributed by atoms with E-state index in [1.807, 2.05) is 0 Å². The van der Waals surface area contributed by atoms with Gasteiger partial charge in [0.25, 0.3) is 5.91 Å². The lowest BCUT2D eigenvalue weighted by atomic mass is 10.2. The first-order chi connectivity index (χ1) is 8.97. The highest BCUT2D eigenvalue weighted by molar-refractivity contribution is 9.10. The molecule has 0 aliphatic carbocycles. The number of anilines is 1. The quantitative estimate of drug-likeness (QED) is 0.835. The zero-order valence-corrected chi connectivity index (χ0v) is 12.4. The van der Waals surface area contributed by atoms with E-state index in [1.165, 1.54) is 18.5 Å². The molecule has 0 unspecified atom stereocenters. The topological polar surface area (TPSA) is 42.0 Å². The van der Waals surface area contributed by atoms with E-state index in [1.54, 1.807) is 0 Å². The Kier molecular flexibility index (Phi) is 4.26. The number of pyridine rings is 1. The van der Waals surface area contributed by atoms with E-state index in [-0.39, 0.29) is 15.7 Å². The molecule has 2 aromatic rings. The lowest BCUT2D eigenvalue weighted by Crippen LogP contribution is -2.14. The summed E-state index contributed by atoms with van der Waals surface area (Å²) in [6.07, 6.45) is 2.86. The second-order valence-corrected chi connectivity index (χ2v) is 5.36. The van der Waals surface area contributed by atoms with Crippen LogP contribution in [-0.2, 0) is 0 Å². The second-order valence-electron chi connectivity index (χ2n) is 3.59. The number of benzene rings is 1. The lowest BCUT2D eigenvalue weighted by Gasteiger charge is -2.08. The van der Waals surface area contributed by atoms with Crippen molar-refractivity contribution in [2.45, 2.75) is 0 Å². The van der Waals surface area contributed by atoms with Crippen molar-refractivity contribution in [2.24, 2.45) is 0 Å². The fraction of sp³-hybridized carbons (Fsp3) is 0. The molecule has 1 amide bonds. The number of hydrogen-bond donors (Lipinski definition) is 1. The van der Waals surface area contributed by atoms with Gasteiger partial charge in [0.05, 0.1) is 11.3 Å². The van der Waals surface area contributed by atoms with Crippen LogP contribution in [0.25, 0.3) is 0 Å². The minimum absolute atomic E-state index is 0.119. The van der Waals surface area contributed by atoms with E-state index in [0.29, 0.717) is 10.5 Å². The number of nitrogens with one attached hydrogen (secondary N) is 1. The summed E-state index contributed by atoms with van der Waals surface area (Å²) in [5, 5.41) is 2.36. The Morgan fingerprint density at radius 1 is 1.16 bits per heavy atom. The van der Waals surface area contributed by atoms with Crippen LogP contribution in [0, 0.1) is 11.6 Å². The summed E-state index contributed by atoms with van der Waals surface area (Å²) in [7, 11) is 0. The summed E-state index contributed by atoms with van der Waals surface area (Å²) >= 11 is 6.17. The standard InChI is InChI=1S/C12H6Br2F2N2O/c13-7-1-6(4-17-5-7)12(19)18-11-9(14)2-8(15)3-10(11)16/h1-5H,(H,18,19). The molecule has 1 heterocycles. The van der Waals surface area contributed by atoms with Gasteiger partial charge in [0.1, 0.15) is 5.82 Å². The first kappa shape index (κ1) is 14.1. The van der Waals surface area contributed by atoms with Gasteiger partial charge in [-0.2, -0.15) is 0 Å². The van der Waals surface area contributed by atoms with E-state index in [0.717, 1.165) is 6.07 Å². The van der Waals surface area contributed by atoms with Gasteiger partial charge in [-0.25, -0.2) is 8.78 Å². The van der Waals surface area contributed by atoms with Crippen LogP contribution in [0.5, 0.6) is 0 Å². The predicted octanol–water partition coefficient (Wildman–Crippen LogP) is 4.14. The van der Waals surface area contributed by atoms with E-state index in [4.69, 9.17) is 0 Å². The third kappa shape index (κ3) is 3.36. The molecule has 0 saturated carbocycles. The summed E-state index contributed by atoms with van der Waals surface area (Å²) in [6.45, 7) is 0. The number of nitrogens with zero attached hydrogens (tertiary/aromatic N) is 1. The molecular weight excluding hydrogens is 386 g/mol. The average Bonchev–Trinajstić information content (AvgIpc) is 2.33. The van der Waals surface area contributed by atoms with Crippen molar-refractivity contribution in [2.75, 3.05) is 5.32 Å². The summed E-state index contributed by atoms with van der Waals surface area (Å²) < 4.78 is 27.2. The van der Waals surface area contributed by atoms with Crippen molar-refractivity contribution in [1.29, 1.82) is 0 Å². The Labute approximate surface area is 124 Å². The minimum atomic E-state index is -0.858. The molecule has 0 atom stereocenters. The fourth-order valence-corrected chi connectivity index (χ4v) is 2.26. The molecule has 0 saturated heterocycles. The van der Waals surface area contributed by atoms with Gasteiger partial charge in [-0.1, -0.05) is 0 Å². The van der Waals surface area contributed by atoms with Crippen LogP contribution in [0.1, 0.15) is 10.4 Å². The van der Waals surface area contributed by atoms with Crippen LogP contribution in [0.2, 0.25) is 0 Å². The van der Waals surface area contributed by atoms with Crippen molar-refractivity contribution in [3.05, 3.63) is 56.7 Å². The normalized spacial score (nSPS) is 10.3. The zero-order chi connectivity index (χ0) is 14.0. The molecule has 98 valence electrons. The minimum Gasteiger partial charge on any atom is -0.318 e. The van der Waals surface area contributed by atoms with Crippen LogP contribution in [0.15, 0.2) is 39.5 Å². The molecule has 19 heavy (non-hydrogen) atoms. The zero-order valence-electron chi connectivity index (χ0n) is 9.25. The Morgan fingerprint density at radius 3 is 2.53 bits per heavy atom. The Morgan fingerprint density at radius 2 is 1.89 bits per heavy atom. The van der Waals surface area contributed by atoms with Crippen molar-refractivity contribution in [3.8, 4) is 0 Å². The monoisotopic (exact) mass is 390 g/mol. The Balaban J connectivity index is 2.29. The summed E-state index contributed by atoms with van der Waals surface area (Å²) in [4.78, 5) is 15.7. The van der Waals surface area contributed by atoms with E-state index in [9.17, 15) is 13.6 Å². The van der Waals surface area contributed by atoms with Gasteiger partial charge in [-0.05, 0) is 44.0 Å².